The molecule has 164 valence electrons. The number of ether oxygens (including phenoxy) is 1. The fraction of sp³-hybridized carbons (Fsp3) is 0.174. The fourth-order valence-electron chi connectivity index (χ4n) is 3.35. The number of carbonyl (C=O) groups is 2. The van der Waals surface area contributed by atoms with Crippen LogP contribution in [-0.2, 0) is 16.6 Å². The predicted molar refractivity (Wildman–Crippen MR) is 126 cm³/mol. The highest BCUT2D eigenvalue weighted by Crippen LogP contribution is 2.35. The van der Waals surface area contributed by atoms with Crippen LogP contribution in [0.2, 0.25) is 5.02 Å². The molecule has 2 aromatic carbocycles. The van der Waals surface area contributed by atoms with Gasteiger partial charge in [0.05, 0.1) is 16.4 Å². The summed E-state index contributed by atoms with van der Waals surface area (Å²) in [5.41, 5.74) is 0.987. The first-order chi connectivity index (χ1) is 15.3. The Kier molecular flexibility index (Phi) is 5.90. The van der Waals surface area contributed by atoms with Gasteiger partial charge < -0.3 is 10.1 Å². The van der Waals surface area contributed by atoms with Gasteiger partial charge in [0.15, 0.2) is 6.10 Å². The second kappa shape index (κ2) is 8.64. The SMILES string of the molecule is Cc1c(NC(=O)[C@H](C)OC(=O)c2sc3ccccc3c2Cl)c(=O)n(-c2ccccc2)n1C. The van der Waals surface area contributed by atoms with Gasteiger partial charge in [0, 0.05) is 17.1 Å². The van der Waals surface area contributed by atoms with Crippen molar-refractivity contribution in [2.24, 2.45) is 7.05 Å². The summed E-state index contributed by atoms with van der Waals surface area (Å²) < 4.78 is 9.30. The van der Waals surface area contributed by atoms with Gasteiger partial charge in [-0.1, -0.05) is 48.0 Å². The van der Waals surface area contributed by atoms with Gasteiger partial charge in [0.2, 0.25) is 0 Å². The van der Waals surface area contributed by atoms with Crippen molar-refractivity contribution in [3.63, 3.8) is 0 Å². The molecule has 0 radical (unpaired) electrons. The van der Waals surface area contributed by atoms with Crippen LogP contribution in [0.4, 0.5) is 5.69 Å². The number of fused-ring (bicyclic) bond motifs is 1. The van der Waals surface area contributed by atoms with E-state index in [2.05, 4.69) is 5.32 Å². The number of rotatable bonds is 5. The van der Waals surface area contributed by atoms with E-state index in [0.717, 1.165) is 10.1 Å². The average Bonchev–Trinajstić information content (AvgIpc) is 3.23. The number of benzene rings is 2. The Labute approximate surface area is 192 Å². The second-order valence-electron chi connectivity index (χ2n) is 7.21. The summed E-state index contributed by atoms with van der Waals surface area (Å²) in [6.07, 6.45) is -1.13. The van der Waals surface area contributed by atoms with Crippen molar-refractivity contribution < 1.29 is 14.3 Å². The molecule has 32 heavy (non-hydrogen) atoms. The van der Waals surface area contributed by atoms with Gasteiger partial charge in [-0.25, -0.2) is 9.48 Å². The van der Waals surface area contributed by atoms with E-state index in [1.165, 1.54) is 22.9 Å². The molecule has 0 saturated carbocycles. The lowest BCUT2D eigenvalue weighted by molar-refractivity contribution is -0.123. The van der Waals surface area contributed by atoms with E-state index < -0.39 is 18.0 Å². The van der Waals surface area contributed by atoms with Crippen LogP contribution in [0.3, 0.4) is 0 Å². The van der Waals surface area contributed by atoms with Gasteiger partial charge in [-0.15, -0.1) is 11.3 Å². The van der Waals surface area contributed by atoms with E-state index in [0.29, 0.717) is 16.4 Å². The summed E-state index contributed by atoms with van der Waals surface area (Å²) in [6.45, 7) is 3.17. The van der Waals surface area contributed by atoms with Crippen molar-refractivity contribution in [1.29, 1.82) is 0 Å². The lowest BCUT2D eigenvalue weighted by atomic mass is 10.2. The molecule has 4 rings (SSSR count). The van der Waals surface area contributed by atoms with Crippen molar-refractivity contribution in [2.45, 2.75) is 20.0 Å². The van der Waals surface area contributed by atoms with Gasteiger partial charge >= 0.3 is 5.97 Å². The van der Waals surface area contributed by atoms with Gasteiger partial charge in [-0.05, 0) is 32.0 Å². The molecule has 0 aliphatic carbocycles. The van der Waals surface area contributed by atoms with E-state index >= 15 is 0 Å². The van der Waals surface area contributed by atoms with Crippen LogP contribution in [0.5, 0.6) is 0 Å². The first-order valence-corrected chi connectivity index (χ1v) is 11.0. The highest BCUT2D eigenvalue weighted by molar-refractivity contribution is 7.21. The third-order valence-corrected chi connectivity index (χ3v) is 6.83. The zero-order chi connectivity index (χ0) is 23.0. The number of anilines is 1. The third kappa shape index (κ3) is 3.83. The molecule has 0 fully saturated rings. The molecule has 0 bridgehead atoms. The molecule has 1 atom stereocenters. The Balaban J connectivity index is 1.53. The van der Waals surface area contributed by atoms with Crippen molar-refractivity contribution in [1.82, 2.24) is 9.36 Å². The monoisotopic (exact) mass is 469 g/mol. The molecule has 0 aliphatic heterocycles. The molecule has 1 N–H and O–H groups in total. The number of aromatic nitrogens is 2. The van der Waals surface area contributed by atoms with E-state index in [9.17, 15) is 14.4 Å². The van der Waals surface area contributed by atoms with E-state index in [4.69, 9.17) is 16.3 Å². The molecule has 0 aliphatic rings. The molecule has 2 heterocycles. The first-order valence-electron chi connectivity index (χ1n) is 9.82. The fourth-order valence-corrected chi connectivity index (χ4v) is 4.74. The largest absolute Gasteiger partial charge is 0.448 e. The molecule has 9 heteroatoms. The maximum absolute atomic E-state index is 13.0. The van der Waals surface area contributed by atoms with Crippen LogP contribution in [-0.4, -0.2) is 27.3 Å². The molecule has 0 unspecified atom stereocenters. The number of halogens is 1. The minimum atomic E-state index is -1.13. The molecule has 2 aromatic heterocycles. The van der Waals surface area contributed by atoms with Crippen molar-refractivity contribution in [3.8, 4) is 5.69 Å². The summed E-state index contributed by atoms with van der Waals surface area (Å²) in [4.78, 5) is 38.5. The van der Waals surface area contributed by atoms with Crippen LogP contribution in [0.25, 0.3) is 15.8 Å². The molecule has 1 amide bonds. The highest BCUT2D eigenvalue weighted by Gasteiger charge is 2.26. The summed E-state index contributed by atoms with van der Waals surface area (Å²) >= 11 is 7.53. The molecule has 0 spiro atoms. The number of thiophene rings is 1. The van der Waals surface area contributed by atoms with E-state index in [-0.39, 0.29) is 16.1 Å². The number of nitrogens with zero attached hydrogens (tertiary/aromatic N) is 2. The van der Waals surface area contributed by atoms with Crippen molar-refractivity contribution in [3.05, 3.63) is 80.5 Å². The van der Waals surface area contributed by atoms with Crippen LogP contribution >= 0.6 is 22.9 Å². The lowest BCUT2D eigenvalue weighted by Gasteiger charge is -2.12. The minimum Gasteiger partial charge on any atom is -0.448 e. The van der Waals surface area contributed by atoms with Crippen LogP contribution in [0.15, 0.2) is 59.4 Å². The summed E-state index contributed by atoms with van der Waals surface area (Å²) in [5.74, 6) is -1.30. The van der Waals surface area contributed by atoms with Gasteiger partial charge in [0.25, 0.3) is 11.5 Å². The number of hydrogen-bond acceptors (Lipinski definition) is 5. The number of hydrogen-bond donors (Lipinski definition) is 1. The van der Waals surface area contributed by atoms with Crippen LogP contribution < -0.4 is 10.9 Å². The first kappa shape index (κ1) is 21.9. The van der Waals surface area contributed by atoms with Crippen LogP contribution in [0.1, 0.15) is 22.3 Å². The van der Waals surface area contributed by atoms with E-state index in [1.807, 2.05) is 42.5 Å². The molecular formula is C23H20ClN3O4S. The maximum Gasteiger partial charge on any atom is 0.350 e. The number of amides is 1. The summed E-state index contributed by atoms with van der Waals surface area (Å²) in [5, 5.41) is 3.66. The summed E-state index contributed by atoms with van der Waals surface area (Å²) in [7, 11) is 1.73. The Bertz CT molecular complexity index is 1390. The van der Waals surface area contributed by atoms with Gasteiger partial charge in [0.1, 0.15) is 10.6 Å². The van der Waals surface area contributed by atoms with Crippen molar-refractivity contribution >= 4 is 50.6 Å². The van der Waals surface area contributed by atoms with Crippen LogP contribution in [0, 0.1) is 6.92 Å². The van der Waals surface area contributed by atoms with Gasteiger partial charge in [-0.3, -0.25) is 14.3 Å². The highest BCUT2D eigenvalue weighted by atomic mass is 35.5. The molecule has 0 saturated heterocycles. The Morgan fingerprint density at radius 1 is 1.09 bits per heavy atom. The third-order valence-electron chi connectivity index (χ3n) is 5.18. The number of nitrogens with one attached hydrogen (secondary N) is 1. The second-order valence-corrected chi connectivity index (χ2v) is 8.64. The Morgan fingerprint density at radius 2 is 1.75 bits per heavy atom. The average molecular weight is 470 g/mol. The zero-order valence-corrected chi connectivity index (χ0v) is 19.2. The Hall–Kier alpha value is -3.36. The number of para-hydroxylation sites is 1. The predicted octanol–water partition coefficient (Wildman–Crippen LogP) is 4.54. The van der Waals surface area contributed by atoms with Gasteiger partial charge in [-0.2, -0.15) is 0 Å². The summed E-state index contributed by atoms with van der Waals surface area (Å²) in [6, 6.07) is 16.4. The zero-order valence-electron chi connectivity index (χ0n) is 17.6. The maximum atomic E-state index is 13.0. The Morgan fingerprint density at radius 3 is 2.44 bits per heavy atom. The topological polar surface area (TPSA) is 82.3 Å². The smallest absolute Gasteiger partial charge is 0.350 e. The number of esters is 1. The molecular weight excluding hydrogens is 450 g/mol. The van der Waals surface area contributed by atoms with Crippen molar-refractivity contribution in [2.75, 3.05) is 5.32 Å². The molecule has 4 aromatic rings. The lowest BCUT2D eigenvalue weighted by Crippen LogP contribution is -2.32. The standard InChI is InChI=1S/C23H20ClN3O4S/c1-13-19(22(29)27(26(13)3)15-9-5-4-6-10-15)25-21(28)14(2)31-23(30)20-18(24)16-11-7-8-12-17(16)32-20/h4-12,14H,1-3H3,(H,25,28)/t14-/m0/s1. The number of carbonyl (C=O) groups excluding carboxylic acids is 2. The quantitative estimate of drug-likeness (QED) is 0.435. The molecule has 7 nitrogen and oxygen atoms in total. The minimum absolute atomic E-state index is 0.129. The normalized spacial score (nSPS) is 12.0. The van der Waals surface area contributed by atoms with E-state index in [1.54, 1.807) is 30.8 Å².